The maximum Gasteiger partial charge on any atom is 0.159 e. The van der Waals surface area contributed by atoms with E-state index in [1.165, 1.54) is 32.7 Å². The lowest BCUT2D eigenvalue weighted by Crippen LogP contribution is -2.11. The van der Waals surface area contributed by atoms with Crippen LogP contribution in [0.5, 0.6) is 0 Å². The van der Waals surface area contributed by atoms with E-state index < -0.39 is 0 Å². The molecule has 0 aliphatic carbocycles. The summed E-state index contributed by atoms with van der Waals surface area (Å²) < 4.78 is 8.99. The molecular weight excluding hydrogens is 669 g/mol. The van der Waals surface area contributed by atoms with Gasteiger partial charge in [-0.3, -0.25) is 0 Å². The van der Waals surface area contributed by atoms with Crippen LogP contribution >= 0.6 is 0 Å². The van der Waals surface area contributed by atoms with Crippen LogP contribution in [0.3, 0.4) is 0 Å². The van der Waals surface area contributed by atoms with Crippen LogP contribution in [0.15, 0.2) is 211 Å². The molecule has 0 saturated carbocycles. The molecule has 0 atom stereocenters. The molecule has 0 aliphatic heterocycles. The van der Waals surface area contributed by atoms with Crippen molar-refractivity contribution in [2.75, 3.05) is 4.90 Å². The Morgan fingerprint density at radius 3 is 1.89 bits per heavy atom. The molecule has 258 valence electrons. The quantitative estimate of drug-likeness (QED) is 0.172. The van der Waals surface area contributed by atoms with Crippen LogP contribution in [-0.4, -0.2) is 4.57 Å². The summed E-state index contributed by atoms with van der Waals surface area (Å²) in [4.78, 5) is 2.42. The van der Waals surface area contributed by atoms with Crippen molar-refractivity contribution >= 4 is 71.6 Å². The van der Waals surface area contributed by atoms with Crippen LogP contribution in [0.1, 0.15) is 0 Å². The average molecular weight is 703 g/mol. The number of furan rings is 1. The summed E-state index contributed by atoms with van der Waals surface area (Å²) in [7, 11) is 0. The number of para-hydroxylation sites is 4. The van der Waals surface area contributed by atoms with Gasteiger partial charge in [-0.2, -0.15) is 0 Å². The first-order chi connectivity index (χ1) is 27.3. The van der Waals surface area contributed by atoms with E-state index in [0.717, 1.165) is 66.8 Å². The summed E-state index contributed by atoms with van der Waals surface area (Å²) >= 11 is 0. The molecule has 0 amide bonds. The van der Waals surface area contributed by atoms with Gasteiger partial charge < -0.3 is 13.9 Å². The van der Waals surface area contributed by atoms with Gasteiger partial charge in [0.15, 0.2) is 5.58 Å². The third-order valence-electron chi connectivity index (χ3n) is 11.0. The molecule has 3 heteroatoms. The van der Waals surface area contributed by atoms with E-state index >= 15 is 0 Å². The molecule has 0 radical (unpaired) electrons. The van der Waals surface area contributed by atoms with Gasteiger partial charge in [0.2, 0.25) is 0 Å². The number of hydrogen-bond acceptors (Lipinski definition) is 2. The van der Waals surface area contributed by atoms with E-state index in [1.807, 2.05) is 6.07 Å². The van der Waals surface area contributed by atoms with Crippen LogP contribution < -0.4 is 4.90 Å². The van der Waals surface area contributed by atoms with E-state index in [4.69, 9.17) is 4.42 Å². The van der Waals surface area contributed by atoms with Gasteiger partial charge in [-0.25, -0.2) is 0 Å². The molecule has 0 bridgehead atoms. The Bertz CT molecular complexity index is 3200. The third kappa shape index (κ3) is 5.05. The van der Waals surface area contributed by atoms with Crippen LogP contribution in [0.4, 0.5) is 17.1 Å². The van der Waals surface area contributed by atoms with Gasteiger partial charge >= 0.3 is 0 Å². The van der Waals surface area contributed by atoms with Gasteiger partial charge in [0.1, 0.15) is 5.58 Å². The van der Waals surface area contributed by atoms with Crippen molar-refractivity contribution in [3.05, 3.63) is 206 Å². The minimum atomic E-state index is 0.887. The molecule has 0 saturated heterocycles. The first-order valence-electron chi connectivity index (χ1n) is 18.8. The Morgan fingerprint density at radius 2 is 1.00 bits per heavy atom. The van der Waals surface area contributed by atoms with Crippen LogP contribution in [0.2, 0.25) is 0 Å². The largest absolute Gasteiger partial charge is 0.454 e. The number of hydrogen-bond donors (Lipinski definition) is 0. The Hall–Kier alpha value is -7.36. The fraction of sp³-hybridized carbons (Fsp3) is 0. The monoisotopic (exact) mass is 702 g/mol. The summed E-state index contributed by atoms with van der Waals surface area (Å²) in [5.74, 6) is 0. The van der Waals surface area contributed by atoms with Gasteiger partial charge in [0.05, 0.1) is 28.1 Å². The average Bonchev–Trinajstić information content (AvgIpc) is 3.80. The molecule has 11 rings (SSSR count). The predicted molar refractivity (Wildman–Crippen MR) is 231 cm³/mol. The Labute approximate surface area is 318 Å². The molecule has 2 heterocycles. The first kappa shape index (κ1) is 31.2. The minimum absolute atomic E-state index is 0.887. The molecule has 11 aromatic rings. The zero-order valence-electron chi connectivity index (χ0n) is 29.9. The number of fused-ring (bicyclic) bond motifs is 7. The molecule has 0 N–H and O–H groups in total. The molecule has 0 fully saturated rings. The van der Waals surface area contributed by atoms with Crippen molar-refractivity contribution < 1.29 is 4.42 Å². The maximum atomic E-state index is 6.61. The van der Waals surface area contributed by atoms with Crippen LogP contribution in [0, 0.1) is 0 Å². The molecule has 2 aromatic heterocycles. The molecule has 0 unspecified atom stereocenters. The highest BCUT2D eigenvalue weighted by Crippen LogP contribution is 2.45. The van der Waals surface area contributed by atoms with E-state index in [-0.39, 0.29) is 0 Å². The van der Waals surface area contributed by atoms with Crippen LogP contribution in [0.25, 0.3) is 82.5 Å². The number of rotatable bonds is 6. The summed E-state index contributed by atoms with van der Waals surface area (Å²) in [5, 5.41) is 7.05. The fourth-order valence-corrected chi connectivity index (χ4v) is 8.46. The van der Waals surface area contributed by atoms with E-state index in [0.29, 0.717) is 0 Å². The van der Waals surface area contributed by atoms with Crippen molar-refractivity contribution in [2.24, 2.45) is 0 Å². The lowest BCUT2D eigenvalue weighted by Gasteiger charge is -2.29. The summed E-state index contributed by atoms with van der Waals surface area (Å²) in [6, 6.07) is 74.0. The van der Waals surface area contributed by atoms with Gasteiger partial charge in [-0.05, 0) is 70.6 Å². The Morgan fingerprint density at radius 1 is 0.382 bits per heavy atom. The lowest BCUT2D eigenvalue weighted by molar-refractivity contribution is 0.666. The number of anilines is 3. The SMILES string of the molecule is c1ccc(-c2ccc(N(c3ccccc3-c3ccc4c5ccccc5n(-c5cccc6c5oc5ccccc56)c4c3)c3cccc4ccccc34)cc2)cc1. The Kier molecular flexibility index (Phi) is 7.17. The summed E-state index contributed by atoms with van der Waals surface area (Å²) in [6.07, 6.45) is 0. The second kappa shape index (κ2) is 12.6. The number of aromatic nitrogens is 1. The Balaban J connectivity index is 1.14. The van der Waals surface area contributed by atoms with Crippen molar-refractivity contribution in [1.82, 2.24) is 4.57 Å². The molecule has 9 aromatic carbocycles. The fourth-order valence-electron chi connectivity index (χ4n) is 8.46. The second-order valence-electron chi connectivity index (χ2n) is 14.1. The zero-order chi connectivity index (χ0) is 36.3. The van der Waals surface area contributed by atoms with Crippen LogP contribution in [-0.2, 0) is 0 Å². The van der Waals surface area contributed by atoms with Crippen molar-refractivity contribution in [3.8, 4) is 27.9 Å². The second-order valence-corrected chi connectivity index (χ2v) is 14.1. The number of benzene rings is 9. The first-order valence-corrected chi connectivity index (χ1v) is 18.8. The van der Waals surface area contributed by atoms with Gasteiger partial charge in [0.25, 0.3) is 0 Å². The zero-order valence-corrected chi connectivity index (χ0v) is 29.9. The highest BCUT2D eigenvalue weighted by atomic mass is 16.3. The summed E-state index contributed by atoms with van der Waals surface area (Å²) in [5.41, 5.74) is 13.1. The standard InChI is InChI=1S/C52H34N2O/c1-2-14-35(15-3-1)36-28-31-39(32-29-36)53(47-25-12-17-37-16-4-5-18-40(37)47)46-23-9-6-19-41(46)38-30-33-43-42-20-7-10-24-48(42)54(50(43)34-38)49-26-13-22-45-44-21-8-11-27-51(44)55-52(45)49/h1-34H. The smallest absolute Gasteiger partial charge is 0.159 e. The molecule has 0 aliphatic rings. The van der Waals surface area contributed by atoms with Gasteiger partial charge in [0, 0.05) is 38.2 Å². The van der Waals surface area contributed by atoms with Crippen molar-refractivity contribution in [3.63, 3.8) is 0 Å². The molecular formula is C52H34N2O. The topological polar surface area (TPSA) is 21.3 Å². The van der Waals surface area contributed by atoms with Gasteiger partial charge in [-0.1, -0.05) is 158 Å². The van der Waals surface area contributed by atoms with Crippen molar-refractivity contribution in [1.29, 1.82) is 0 Å². The van der Waals surface area contributed by atoms with E-state index in [1.54, 1.807) is 0 Å². The van der Waals surface area contributed by atoms with Crippen molar-refractivity contribution in [2.45, 2.75) is 0 Å². The molecule has 3 nitrogen and oxygen atoms in total. The third-order valence-corrected chi connectivity index (χ3v) is 11.0. The molecule has 0 spiro atoms. The highest BCUT2D eigenvalue weighted by Gasteiger charge is 2.22. The number of nitrogens with zero attached hydrogens (tertiary/aromatic N) is 2. The molecule has 55 heavy (non-hydrogen) atoms. The maximum absolute atomic E-state index is 6.61. The van der Waals surface area contributed by atoms with E-state index in [9.17, 15) is 0 Å². The van der Waals surface area contributed by atoms with E-state index in [2.05, 4.69) is 210 Å². The van der Waals surface area contributed by atoms with Gasteiger partial charge in [-0.15, -0.1) is 0 Å². The normalized spacial score (nSPS) is 11.6. The summed E-state index contributed by atoms with van der Waals surface area (Å²) in [6.45, 7) is 0. The predicted octanol–water partition coefficient (Wildman–Crippen LogP) is 14.6. The lowest BCUT2D eigenvalue weighted by atomic mass is 9.99. The highest BCUT2D eigenvalue weighted by molar-refractivity contribution is 6.13. The minimum Gasteiger partial charge on any atom is -0.454 e.